The van der Waals surface area contributed by atoms with Crippen molar-refractivity contribution in [2.45, 2.75) is 39.2 Å². The third-order valence-corrected chi connectivity index (χ3v) is 6.71. The molecule has 0 radical (unpaired) electrons. The molecule has 5 heteroatoms. The molecule has 1 aliphatic rings. The largest absolute Gasteiger partial charge is 0.416 e. The molecule has 0 aliphatic carbocycles. The van der Waals surface area contributed by atoms with Crippen LogP contribution in [0.1, 0.15) is 53.8 Å². The van der Waals surface area contributed by atoms with Crippen LogP contribution in [0.4, 0.5) is 4.79 Å². The smallest absolute Gasteiger partial charge is 0.410 e. The number of amides is 1. The van der Waals surface area contributed by atoms with Crippen LogP contribution in [0.25, 0.3) is 10.9 Å². The zero-order valence-corrected chi connectivity index (χ0v) is 19.8. The van der Waals surface area contributed by atoms with E-state index in [0.29, 0.717) is 23.2 Å². The zero-order chi connectivity index (χ0) is 23.1. The Morgan fingerprint density at radius 3 is 2.48 bits per heavy atom. The number of carbonyl (C=O) groups excluding carboxylic acids is 1. The Kier molecular flexibility index (Phi) is 5.63. The van der Waals surface area contributed by atoms with E-state index in [2.05, 4.69) is 68.2 Å². The minimum absolute atomic E-state index is 0.248. The molecule has 33 heavy (non-hydrogen) atoms. The van der Waals surface area contributed by atoms with Crippen LogP contribution in [0.15, 0.2) is 66.7 Å². The summed E-state index contributed by atoms with van der Waals surface area (Å²) in [6.07, 6.45) is 0.408. The number of H-pyrrole nitrogens is 1. The lowest BCUT2D eigenvalue weighted by Gasteiger charge is -2.35. The number of rotatable bonds is 3. The first-order valence-electron chi connectivity index (χ1n) is 11.4. The highest BCUT2D eigenvalue weighted by atomic mass is 35.5. The first kappa shape index (κ1) is 21.6. The van der Waals surface area contributed by atoms with Gasteiger partial charge in [0.05, 0.1) is 0 Å². The number of halogens is 1. The summed E-state index contributed by atoms with van der Waals surface area (Å²) in [7, 11) is 0. The number of hydrogen-bond donors (Lipinski definition) is 1. The van der Waals surface area contributed by atoms with Crippen LogP contribution in [0.3, 0.4) is 0 Å². The van der Waals surface area contributed by atoms with Gasteiger partial charge in [0.25, 0.3) is 0 Å². The molecule has 4 nitrogen and oxygen atoms in total. The van der Waals surface area contributed by atoms with Crippen LogP contribution < -0.4 is 4.74 Å². The minimum Gasteiger partial charge on any atom is -0.410 e. The molecule has 0 fully saturated rings. The van der Waals surface area contributed by atoms with Crippen LogP contribution in [-0.2, 0) is 6.42 Å². The molecule has 168 valence electrons. The van der Waals surface area contributed by atoms with Gasteiger partial charge in [0.1, 0.15) is 11.8 Å². The van der Waals surface area contributed by atoms with E-state index in [1.54, 1.807) is 24.3 Å². The predicted molar refractivity (Wildman–Crippen MR) is 133 cm³/mol. The Balaban J connectivity index is 1.57. The summed E-state index contributed by atoms with van der Waals surface area (Å²) < 4.78 is 5.75. The molecular formula is C28H27ClN2O2. The number of hydrogen-bond acceptors (Lipinski definition) is 2. The second-order valence-electron chi connectivity index (χ2n) is 9.06. The summed E-state index contributed by atoms with van der Waals surface area (Å²) in [5.74, 6) is 0.930. The molecule has 0 spiro atoms. The summed E-state index contributed by atoms with van der Waals surface area (Å²) in [5, 5.41) is 1.84. The van der Waals surface area contributed by atoms with E-state index in [9.17, 15) is 4.79 Å². The van der Waals surface area contributed by atoms with Crippen molar-refractivity contribution in [2.75, 3.05) is 6.54 Å². The van der Waals surface area contributed by atoms with Gasteiger partial charge < -0.3 is 9.72 Å². The Hall–Kier alpha value is -3.24. The number of benzene rings is 3. The van der Waals surface area contributed by atoms with Gasteiger partial charge in [0, 0.05) is 28.2 Å². The van der Waals surface area contributed by atoms with E-state index in [1.807, 2.05) is 4.90 Å². The highest BCUT2D eigenvalue weighted by Crippen LogP contribution is 2.39. The summed E-state index contributed by atoms with van der Waals surface area (Å²) >= 11 is 5.99. The molecule has 1 amide bonds. The Labute approximate surface area is 199 Å². The van der Waals surface area contributed by atoms with Gasteiger partial charge in [-0.05, 0) is 72.4 Å². The lowest BCUT2D eigenvalue weighted by molar-refractivity contribution is 0.135. The molecule has 1 unspecified atom stereocenters. The molecule has 1 atom stereocenters. The van der Waals surface area contributed by atoms with Gasteiger partial charge in [-0.1, -0.05) is 61.3 Å². The van der Waals surface area contributed by atoms with Gasteiger partial charge in [-0.15, -0.1) is 0 Å². The Bertz CT molecular complexity index is 1310. The van der Waals surface area contributed by atoms with Crippen molar-refractivity contribution in [1.29, 1.82) is 0 Å². The number of nitrogens with zero attached hydrogens (tertiary/aromatic N) is 1. The second kappa shape index (κ2) is 8.60. The van der Waals surface area contributed by atoms with Crippen molar-refractivity contribution < 1.29 is 9.53 Å². The van der Waals surface area contributed by atoms with Gasteiger partial charge >= 0.3 is 6.09 Å². The van der Waals surface area contributed by atoms with Crippen LogP contribution in [0, 0.1) is 6.92 Å². The number of aryl methyl sites for hydroxylation is 1. The summed E-state index contributed by atoms with van der Waals surface area (Å²) in [5.41, 5.74) is 7.01. The average molecular weight is 459 g/mol. The predicted octanol–water partition coefficient (Wildman–Crippen LogP) is 7.40. The molecule has 4 aromatic rings. The molecule has 0 saturated heterocycles. The van der Waals surface area contributed by atoms with Crippen molar-refractivity contribution in [3.05, 3.63) is 99.7 Å². The number of carbonyl (C=O) groups is 1. The summed E-state index contributed by atoms with van der Waals surface area (Å²) in [6.45, 7) is 7.06. The minimum atomic E-state index is -0.365. The average Bonchev–Trinajstić information content (AvgIpc) is 3.17. The molecule has 2 heterocycles. The first-order chi connectivity index (χ1) is 15.9. The molecule has 0 saturated carbocycles. The first-order valence-corrected chi connectivity index (χ1v) is 11.7. The van der Waals surface area contributed by atoms with E-state index in [-0.39, 0.29) is 12.1 Å². The number of ether oxygens (including phenoxy) is 1. The molecule has 5 rings (SSSR count). The highest BCUT2D eigenvalue weighted by molar-refractivity contribution is 6.30. The summed E-state index contributed by atoms with van der Waals surface area (Å²) in [4.78, 5) is 18.8. The molecule has 1 aliphatic heterocycles. The third kappa shape index (κ3) is 4.11. The normalized spacial score (nSPS) is 15.7. The van der Waals surface area contributed by atoms with E-state index in [1.165, 1.54) is 22.1 Å². The quantitative estimate of drug-likeness (QED) is 0.347. The van der Waals surface area contributed by atoms with E-state index in [0.717, 1.165) is 23.2 Å². The van der Waals surface area contributed by atoms with E-state index >= 15 is 0 Å². The summed E-state index contributed by atoms with van der Waals surface area (Å²) in [6, 6.07) is 21.7. The van der Waals surface area contributed by atoms with Crippen LogP contribution >= 0.6 is 11.6 Å². The fraction of sp³-hybridized carbons (Fsp3) is 0.250. The lowest BCUT2D eigenvalue weighted by atomic mass is 9.91. The topological polar surface area (TPSA) is 45.3 Å². The van der Waals surface area contributed by atoms with Crippen LogP contribution in [0.2, 0.25) is 5.02 Å². The number of aromatic nitrogens is 1. The van der Waals surface area contributed by atoms with Gasteiger partial charge in [-0.3, -0.25) is 4.90 Å². The van der Waals surface area contributed by atoms with Gasteiger partial charge in [0.15, 0.2) is 0 Å². The molecule has 1 aromatic heterocycles. The fourth-order valence-corrected chi connectivity index (χ4v) is 4.80. The van der Waals surface area contributed by atoms with E-state index in [4.69, 9.17) is 16.3 Å². The Morgan fingerprint density at radius 2 is 1.79 bits per heavy atom. The van der Waals surface area contributed by atoms with Crippen LogP contribution in [-0.4, -0.2) is 22.5 Å². The van der Waals surface area contributed by atoms with E-state index < -0.39 is 0 Å². The molecule has 3 aromatic carbocycles. The SMILES string of the molecule is Cc1ccc2[nH]c3c(c2c1)CCN(C(=O)Oc1ccc(Cl)cc1)C3c1ccc(C(C)C)cc1. The second-order valence-corrected chi connectivity index (χ2v) is 9.49. The lowest BCUT2D eigenvalue weighted by Crippen LogP contribution is -2.42. The molecule has 0 bridgehead atoms. The van der Waals surface area contributed by atoms with Crippen molar-refractivity contribution in [2.24, 2.45) is 0 Å². The maximum absolute atomic E-state index is 13.3. The third-order valence-electron chi connectivity index (χ3n) is 6.45. The monoisotopic (exact) mass is 458 g/mol. The fourth-order valence-electron chi connectivity index (χ4n) is 4.67. The van der Waals surface area contributed by atoms with Crippen LogP contribution in [0.5, 0.6) is 5.75 Å². The maximum atomic E-state index is 13.3. The Morgan fingerprint density at radius 1 is 1.06 bits per heavy atom. The van der Waals surface area contributed by atoms with Gasteiger partial charge in [-0.2, -0.15) is 0 Å². The van der Waals surface area contributed by atoms with Gasteiger partial charge in [-0.25, -0.2) is 4.79 Å². The standard InChI is InChI=1S/C28H27ClN2O2/c1-17(2)19-5-7-20(8-6-19)27-26-23(24-16-18(3)4-13-25(24)30-26)14-15-31(27)28(32)33-22-11-9-21(29)10-12-22/h4-13,16-17,27,30H,14-15H2,1-3H3. The molecular weight excluding hydrogens is 432 g/mol. The van der Waals surface area contributed by atoms with Crippen molar-refractivity contribution in [1.82, 2.24) is 9.88 Å². The van der Waals surface area contributed by atoms with Gasteiger partial charge in [0.2, 0.25) is 0 Å². The van der Waals surface area contributed by atoms with Crippen molar-refractivity contribution in [3.8, 4) is 5.75 Å². The van der Waals surface area contributed by atoms with Crippen molar-refractivity contribution >= 4 is 28.6 Å². The maximum Gasteiger partial charge on any atom is 0.416 e. The number of aromatic amines is 1. The molecule has 1 N–H and O–H groups in total. The van der Waals surface area contributed by atoms with Crippen molar-refractivity contribution in [3.63, 3.8) is 0 Å². The number of nitrogens with one attached hydrogen (secondary N) is 1. The highest BCUT2D eigenvalue weighted by Gasteiger charge is 2.35. The zero-order valence-electron chi connectivity index (χ0n) is 19.1. The number of fused-ring (bicyclic) bond motifs is 3.